The van der Waals surface area contributed by atoms with Crippen molar-refractivity contribution in [2.45, 2.75) is 19.4 Å². The molecule has 0 spiro atoms. The SMILES string of the molecule is Cc1[nH]nc2c1[C@@H](c1ccc(OCc3ccccc3Cl)cc1)C(C#N)=C(N)O2. The van der Waals surface area contributed by atoms with E-state index in [1.165, 1.54) is 0 Å². The number of aromatic amines is 1. The van der Waals surface area contributed by atoms with Crippen LogP contribution in [-0.2, 0) is 6.61 Å². The van der Waals surface area contributed by atoms with Crippen molar-refractivity contribution in [3.8, 4) is 17.7 Å². The second-order valence-corrected chi connectivity index (χ2v) is 6.85. The normalized spacial score (nSPS) is 15.5. The van der Waals surface area contributed by atoms with E-state index in [0.29, 0.717) is 28.8 Å². The Kier molecular flexibility index (Phi) is 4.68. The Morgan fingerprint density at radius 2 is 2.00 bits per heavy atom. The number of fused-ring (bicyclic) bond motifs is 1. The van der Waals surface area contributed by atoms with Crippen LogP contribution < -0.4 is 15.2 Å². The summed E-state index contributed by atoms with van der Waals surface area (Å²) in [5.41, 5.74) is 9.77. The molecule has 0 bridgehead atoms. The number of nitrogens with two attached hydrogens (primary N) is 1. The van der Waals surface area contributed by atoms with Gasteiger partial charge in [0.2, 0.25) is 11.8 Å². The zero-order valence-electron chi connectivity index (χ0n) is 15.1. The average molecular weight is 393 g/mol. The summed E-state index contributed by atoms with van der Waals surface area (Å²) in [4.78, 5) is 0. The number of nitrogens with zero attached hydrogens (tertiary/aromatic N) is 2. The highest BCUT2D eigenvalue weighted by Crippen LogP contribution is 2.42. The van der Waals surface area contributed by atoms with Crippen molar-refractivity contribution in [3.63, 3.8) is 0 Å². The Hall–Kier alpha value is -3.43. The van der Waals surface area contributed by atoms with E-state index in [4.69, 9.17) is 26.8 Å². The Labute approximate surface area is 167 Å². The second-order valence-electron chi connectivity index (χ2n) is 6.44. The third kappa shape index (κ3) is 3.17. The number of nitrogens with one attached hydrogen (secondary N) is 1. The molecule has 0 saturated heterocycles. The van der Waals surface area contributed by atoms with Gasteiger partial charge in [0, 0.05) is 21.8 Å². The van der Waals surface area contributed by atoms with Crippen molar-refractivity contribution in [2.75, 3.05) is 0 Å². The van der Waals surface area contributed by atoms with E-state index in [1.54, 1.807) is 0 Å². The molecular weight excluding hydrogens is 376 g/mol. The molecule has 0 fully saturated rings. The summed E-state index contributed by atoms with van der Waals surface area (Å²) in [6.07, 6.45) is 0. The lowest BCUT2D eigenvalue weighted by Crippen LogP contribution is -2.21. The molecule has 0 saturated carbocycles. The van der Waals surface area contributed by atoms with Gasteiger partial charge in [-0.2, -0.15) is 5.26 Å². The molecule has 1 atom stereocenters. The zero-order valence-corrected chi connectivity index (χ0v) is 15.8. The molecule has 1 aliphatic rings. The number of allylic oxidation sites excluding steroid dienone is 1. The predicted octanol–water partition coefficient (Wildman–Crippen LogP) is 4.17. The van der Waals surface area contributed by atoms with Gasteiger partial charge in [-0.05, 0) is 30.7 Å². The van der Waals surface area contributed by atoms with Crippen LogP contribution in [-0.4, -0.2) is 10.2 Å². The number of nitriles is 1. The van der Waals surface area contributed by atoms with Crippen molar-refractivity contribution >= 4 is 11.6 Å². The highest BCUT2D eigenvalue weighted by Gasteiger charge is 2.34. The van der Waals surface area contributed by atoms with Crippen LogP contribution in [0.1, 0.15) is 28.3 Å². The fourth-order valence-corrected chi connectivity index (χ4v) is 3.46. The minimum Gasteiger partial charge on any atom is -0.489 e. The van der Waals surface area contributed by atoms with Crippen LogP contribution in [0, 0.1) is 18.3 Å². The van der Waals surface area contributed by atoms with Gasteiger partial charge in [0.05, 0.1) is 5.92 Å². The first-order valence-electron chi connectivity index (χ1n) is 8.67. The molecule has 0 unspecified atom stereocenters. The van der Waals surface area contributed by atoms with E-state index in [1.807, 2.05) is 55.5 Å². The molecule has 2 aromatic carbocycles. The number of hydrogen-bond acceptors (Lipinski definition) is 5. The maximum absolute atomic E-state index is 9.60. The molecule has 1 aromatic heterocycles. The summed E-state index contributed by atoms with van der Waals surface area (Å²) in [6.45, 7) is 2.26. The lowest BCUT2D eigenvalue weighted by atomic mass is 9.84. The van der Waals surface area contributed by atoms with E-state index < -0.39 is 0 Å². The summed E-state index contributed by atoms with van der Waals surface area (Å²) in [6, 6.07) is 17.3. The number of aromatic nitrogens is 2. The van der Waals surface area contributed by atoms with E-state index in [9.17, 15) is 5.26 Å². The highest BCUT2D eigenvalue weighted by atomic mass is 35.5. The third-order valence-corrected chi connectivity index (χ3v) is 5.06. The van der Waals surface area contributed by atoms with Crippen LogP contribution in [0.15, 0.2) is 60.0 Å². The van der Waals surface area contributed by atoms with Crippen molar-refractivity contribution in [1.29, 1.82) is 5.26 Å². The molecule has 140 valence electrons. The van der Waals surface area contributed by atoms with E-state index in [-0.39, 0.29) is 11.8 Å². The Morgan fingerprint density at radius 3 is 2.71 bits per heavy atom. The van der Waals surface area contributed by atoms with Gasteiger partial charge in [-0.1, -0.05) is 41.9 Å². The predicted molar refractivity (Wildman–Crippen MR) is 105 cm³/mol. The monoisotopic (exact) mass is 392 g/mol. The number of hydrogen-bond donors (Lipinski definition) is 2. The smallest absolute Gasteiger partial charge is 0.244 e. The minimum atomic E-state index is -0.342. The first-order chi connectivity index (χ1) is 13.6. The molecule has 0 aliphatic carbocycles. The Balaban J connectivity index is 1.61. The van der Waals surface area contributed by atoms with Crippen LogP contribution >= 0.6 is 11.6 Å². The van der Waals surface area contributed by atoms with Gasteiger partial charge >= 0.3 is 0 Å². The lowest BCUT2D eigenvalue weighted by molar-refractivity contribution is 0.306. The summed E-state index contributed by atoms with van der Waals surface area (Å²) >= 11 is 6.17. The van der Waals surface area contributed by atoms with Crippen molar-refractivity contribution in [2.24, 2.45) is 5.73 Å². The molecular formula is C21H17ClN4O2. The minimum absolute atomic E-state index is 0.0746. The van der Waals surface area contributed by atoms with Crippen LogP contribution in [0.25, 0.3) is 0 Å². The fraction of sp³-hybridized carbons (Fsp3) is 0.143. The number of halogens is 1. The van der Waals surface area contributed by atoms with Gasteiger partial charge in [0.1, 0.15) is 24.0 Å². The Morgan fingerprint density at radius 1 is 1.25 bits per heavy atom. The number of ether oxygens (including phenoxy) is 2. The topological polar surface area (TPSA) is 97.0 Å². The Bertz CT molecular complexity index is 1100. The van der Waals surface area contributed by atoms with Gasteiger partial charge in [0.15, 0.2) is 0 Å². The van der Waals surface area contributed by atoms with Gasteiger partial charge in [-0.3, -0.25) is 5.10 Å². The summed E-state index contributed by atoms with van der Waals surface area (Å²) < 4.78 is 11.3. The lowest BCUT2D eigenvalue weighted by Gasteiger charge is -2.23. The van der Waals surface area contributed by atoms with Gasteiger partial charge in [-0.25, -0.2) is 0 Å². The van der Waals surface area contributed by atoms with E-state index >= 15 is 0 Å². The van der Waals surface area contributed by atoms with Gasteiger partial charge < -0.3 is 15.2 Å². The van der Waals surface area contributed by atoms with E-state index in [2.05, 4.69) is 16.3 Å². The van der Waals surface area contributed by atoms with Crippen molar-refractivity contribution in [3.05, 3.63) is 87.4 Å². The molecule has 4 rings (SSSR count). The molecule has 1 aliphatic heterocycles. The molecule has 28 heavy (non-hydrogen) atoms. The first kappa shape index (κ1) is 18.0. The van der Waals surface area contributed by atoms with E-state index in [0.717, 1.165) is 22.4 Å². The molecule has 3 aromatic rings. The maximum Gasteiger partial charge on any atom is 0.244 e. The molecule has 7 heteroatoms. The van der Waals surface area contributed by atoms with Crippen LogP contribution in [0.2, 0.25) is 5.02 Å². The quantitative estimate of drug-likeness (QED) is 0.694. The molecule has 3 N–H and O–H groups in total. The van der Waals surface area contributed by atoms with Gasteiger partial charge in [0.25, 0.3) is 0 Å². The fourth-order valence-electron chi connectivity index (χ4n) is 3.27. The highest BCUT2D eigenvalue weighted by molar-refractivity contribution is 6.31. The second kappa shape index (κ2) is 7.29. The summed E-state index contributed by atoms with van der Waals surface area (Å²) in [5.74, 6) is 0.837. The standard InChI is InChI=1S/C21H17ClN4O2/c1-12-18-19(16(10-23)20(24)28-21(18)26-25-12)13-6-8-15(9-7-13)27-11-14-4-2-3-5-17(14)22/h2-9,19H,11,24H2,1H3,(H,25,26)/t19-/m0/s1. The first-order valence-corrected chi connectivity index (χ1v) is 9.05. The number of rotatable bonds is 4. The van der Waals surface area contributed by atoms with Crippen molar-refractivity contribution in [1.82, 2.24) is 10.2 Å². The number of H-pyrrole nitrogens is 1. The van der Waals surface area contributed by atoms with Crippen LogP contribution in [0.3, 0.4) is 0 Å². The molecule has 0 amide bonds. The average Bonchev–Trinajstić information content (AvgIpc) is 3.07. The van der Waals surface area contributed by atoms with Gasteiger partial charge in [-0.15, -0.1) is 5.10 Å². The summed E-state index contributed by atoms with van der Waals surface area (Å²) in [7, 11) is 0. The molecule has 6 nitrogen and oxygen atoms in total. The summed E-state index contributed by atoms with van der Waals surface area (Å²) in [5, 5.41) is 17.3. The van der Waals surface area contributed by atoms with Crippen molar-refractivity contribution < 1.29 is 9.47 Å². The maximum atomic E-state index is 9.60. The number of benzene rings is 2. The van der Waals surface area contributed by atoms with Crippen LogP contribution in [0.5, 0.6) is 11.6 Å². The molecule has 0 radical (unpaired) electrons. The van der Waals surface area contributed by atoms with Crippen LogP contribution in [0.4, 0.5) is 0 Å². The third-order valence-electron chi connectivity index (χ3n) is 4.70. The largest absolute Gasteiger partial charge is 0.489 e. The zero-order chi connectivity index (χ0) is 19.7. The number of aryl methyl sites for hydroxylation is 1. The molecule has 2 heterocycles.